The molecule has 1 amide bonds. The summed E-state index contributed by atoms with van der Waals surface area (Å²) in [7, 11) is 0. The van der Waals surface area contributed by atoms with E-state index in [2.05, 4.69) is 14.7 Å². The molecule has 0 unspecified atom stereocenters. The average molecular weight is 474 g/mol. The van der Waals surface area contributed by atoms with Gasteiger partial charge in [0.2, 0.25) is 0 Å². The van der Waals surface area contributed by atoms with E-state index < -0.39 is 12.4 Å². The number of nitrogens with two attached hydrogens (primary N) is 1. The van der Waals surface area contributed by atoms with Gasteiger partial charge < -0.3 is 24.8 Å². The van der Waals surface area contributed by atoms with Gasteiger partial charge in [0.25, 0.3) is 5.91 Å². The molecule has 2 aliphatic heterocycles. The van der Waals surface area contributed by atoms with Gasteiger partial charge in [-0.15, -0.1) is 13.2 Å². The summed E-state index contributed by atoms with van der Waals surface area (Å²) in [6.07, 6.45) is -3.26. The van der Waals surface area contributed by atoms with Crippen LogP contribution in [0.5, 0.6) is 5.75 Å². The second-order valence-electron chi connectivity index (χ2n) is 8.27. The number of ether oxygens (including phenoxy) is 3. The molecule has 5 rings (SSSR count). The van der Waals surface area contributed by atoms with E-state index in [9.17, 15) is 18.0 Å². The third-order valence-electron chi connectivity index (χ3n) is 6.01. The maximum atomic E-state index is 13.6. The molecule has 1 saturated heterocycles. The first-order valence-corrected chi connectivity index (χ1v) is 10.6. The molecular formula is C23H21F3N4O4. The minimum atomic E-state index is -4.78. The fraction of sp³-hybridized carbons (Fsp3) is 0.348. The van der Waals surface area contributed by atoms with Crippen molar-refractivity contribution in [3.63, 3.8) is 0 Å². The molecule has 3 aromatic rings. The van der Waals surface area contributed by atoms with Crippen LogP contribution in [0.15, 0.2) is 36.5 Å². The summed E-state index contributed by atoms with van der Waals surface area (Å²) < 4.78 is 52.6. The van der Waals surface area contributed by atoms with Crippen molar-refractivity contribution in [2.24, 2.45) is 0 Å². The predicted octanol–water partition coefficient (Wildman–Crippen LogP) is 3.74. The molecule has 2 aromatic heterocycles. The lowest BCUT2D eigenvalue weighted by molar-refractivity contribution is -0.274. The van der Waals surface area contributed by atoms with E-state index in [1.54, 1.807) is 11.0 Å². The Kier molecular flexibility index (Phi) is 5.53. The van der Waals surface area contributed by atoms with Crippen molar-refractivity contribution in [1.82, 2.24) is 14.9 Å². The Hall–Kier alpha value is -3.44. The number of aromatic nitrogens is 2. The van der Waals surface area contributed by atoms with Crippen LogP contribution in [-0.4, -0.2) is 46.4 Å². The largest absolute Gasteiger partial charge is 0.573 e. The van der Waals surface area contributed by atoms with Crippen molar-refractivity contribution in [3.8, 4) is 5.75 Å². The SMILES string of the molecule is C[C@@H]1COC[C@H](c2ccc(OC(F)(F)F)cc2)N1C(=O)c1cc2c3c(c(N)nc2cn1)COC3. The number of rotatable bonds is 3. The number of carbonyl (C=O) groups is 1. The van der Waals surface area contributed by atoms with Gasteiger partial charge in [-0.25, -0.2) is 9.97 Å². The second-order valence-corrected chi connectivity index (χ2v) is 8.27. The van der Waals surface area contributed by atoms with Gasteiger partial charge >= 0.3 is 6.36 Å². The van der Waals surface area contributed by atoms with Crippen LogP contribution < -0.4 is 10.5 Å². The summed E-state index contributed by atoms with van der Waals surface area (Å²) in [6, 6.07) is 6.34. The smallest absolute Gasteiger partial charge is 0.406 e. The van der Waals surface area contributed by atoms with Gasteiger partial charge in [0, 0.05) is 10.9 Å². The van der Waals surface area contributed by atoms with Crippen LogP contribution >= 0.6 is 0 Å². The highest BCUT2D eigenvalue weighted by Crippen LogP contribution is 2.34. The van der Waals surface area contributed by atoms with Crippen molar-refractivity contribution >= 4 is 22.6 Å². The fourth-order valence-corrected chi connectivity index (χ4v) is 4.43. The number of carbonyl (C=O) groups excluding carboxylic acids is 1. The van der Waals surface area contributed by atoms with E-state index in [0.29, 0.717) is 36.7 Å². The standard InChI is InChI=1S/C23H21F3N4O4/c1-12-8-32-11-20(13-2-4-14(5-3-13)34-23(24,25)26)30(12)22(31)18-6-15-16-9-33-10-17(16)21(27)29-19(15)7-28-18/h2-7,12,20H,8-11H2,1H3,(H2,27,29)/t12-,20-/m1/s1. The number of halogens is 3. The van der Waals surface area contributed by atoms with Crippen LogP contribution in [0.3, 0.4) is 0 Å². The maximum Gasteiger partial charge on any atom is 0.573 e. The summed E-state index contributed by atoms with van der Waals surface area (Å²) >= 11 is 0. The molecule has 2 aliphatic rings. The Bertz CT molecular complexity index is 1250. The topological polar surface area (TPSA) is 99.8 Å². The first-order valence-electron chi connectivity index (χ1n) is 10.6. The molecule has 8 nitrogen and oxygen atoms in total. The van der Waals surface area contributed by atoms with Crippen molar-refractivity contribution in [2.75, 3.05) is 18.9 Å². The molecular weight excluding hydrogens is 453 g/mol. The molecule has 2 N–H and O–H groups in total. The highest BCUT2D eigenvalue weighted by molar-refractivity contribution is 5.97. The Labute approximate surface area is 192 Å². The summed E-state index contributed by atoms with van der Waals surface area (Å²) in [4.78, 5) is 24.0. The van der Waals surface area contributed by atoms with E-state index in [1.165, 1.54) is 30.5 Å². The van der Waals surface area contributed by atoms with Crippen molar-refractivity contribution in [3.05, 3.63) is 58.9 Å². The van der Waals surface area contributed by atoms with Crippen LogP contribution in [0.25, 0.3) is 10.9 Å². The van der Waals surface area contributed by atoms with Crippen LogP contribution in [0.4, 0.5) is 19.0 Å². The number of anilines is 1. The molecule has 1 aromatic carbocycles. The van der Waals surface area contributed by atoms with Crippen LogP contribution in [0.1, 0.15) is 40.1 Å². The van der Waals surface area contributed by atoms with Gasteiger partial charge in [-0.2, -0.15) is 0 Å². The number of morpholine rings is 1. The van der Waals surface area contributed by atoms with Gasteiger partial charge in [0.05, 0.1) is 50.2 Å². The molecule has 0 radical (unpaired) electrons. The number of pyridine rings is 2. The van der Waals surface area contributed by atoms with Gasteiger partial charge in [-0.1, -0.05) is 12.1 Å². The minimum absolute atomic E-state index is 0.199. The monoisotopic (exact) mass is 474 g/mol. The van der Waals surface area contributed by atoms with Gasteiger partial charge in [-0.05, 0) is 36.2 Å². The van der Waals surface area contributed by atoms with E-state index in [0.717, 1.165) is 16.5 Å². The summed E-state index contributed by atoms with van der Waals surface area (Å²) in [6.45, 7) is 3.11. The lowest BCUT2D eigenvalue weighted by atomic mass is 10.0. The highest BCUT2D eigenvalue weighted by Gasteiger charge is 2.36. The summed E-state index contributed by atoms with van der Waals surface area (Å²) in [5.74, 6) is -0.263. The Morgan fingerprint density at radius 2 is 1.88 bits per heavy atom. The number of benzene rings is 1. The number of nitrogen functional groups attached to an aromatic ring is 1. The molecule has 11 heteroatoms. The Morgan fingerprint density at radius 1 is 1.15 bits per heavy atom. The molecule has 2 atom stereocenters. The number of amides is 1. The molecule has 0 spiro atoms. The predicted molar refractivity (Wildman–Crippen MR) is 115 cm³/mol. The van der Waals surface area contributed by atoms with Crippen molar-refractivity contribution in [2.45, 2.75) is 38.6 Å². The molecule has 178 valence electrons. The molecule has 1 fully saturated rings. The quantitative estimate of drug-likeness (QED) is 0.617. The van der Waals surface area contributed by atoms with E-state index in [-0.39, 0.29) is 30.0 Å². The van der Waals surface area contributed by atoms with Gasteiger partial charge in [-0.3, -0.25) is 4.79 Å². The number of hydrogen-bond donors (Lipinski definition) is 1. The molecule has 34 heavy (non-hydrogen) atoms. The van der Waals surface area contributed by atoms with Crippen LogP contribution in [-0.2, 0) is 22.7 Å². The normalized spacial score (nSPS) is 20.4. The van der Waals surface area contributed by atoms with Crippen molar-refractivity contribution in [1.29, 1.82) is 0 Å². The number of fused-ring (bicyclic) bond motifs is 3. The lowest BCUT2D eigenvalue weighted by Crippen LogP contribution is -2.49. The third-order valence-corrected chi connectivity index (χ3v) is 6.01. The number of nitrogens with zero attached hydrogens (tertiary/aromatic N) is 3. The minimum Gasteiger partial charge on any atom is -0.406 e. The fourth-order valence-electron chi connectivity index (χ4n) is 4.43. The Balaban J connectivity index is 1.48. The van der Waals surface area contributed by atoms with Gasteiger partial charge in [0.1, 0.15) is 17.3 Å². The van der Waals surface area contributed by atoms with Crippen LogP contribution in [0.2, 0.25) is 0 Å². The third kappa shape index (κ3) is 4.12. The zero-order valence-electron chi connectivity index (χ0n) is 18.1. The van der Waals surface area contributed by atoms with Crippen molar-refractivity contribution < 1.29 is 32.2 Å². The second kappa shape index (κ2) is 8.41. The number of hydrogen-bond acceptors (Lipinski definition) is 7. The Morgan fingerprint density at radius 3 is 2.62 bits per heavy atom. The molecule has 4 heterocycles. The van der Waals surface area contributed by atoms with E-state index in [4.69, 9.17) is 15.2 Å². The number of alkyl halides is 3. The summed E-state index contributed by atoms with van der Waals surface area (Å²) in [5.41, 5.74) is 9.15. The highest BCUT2D eigenvalue weighted by atomic mass is 19.4. The molecule has 0 saturated carbocycles. The first-order chi connectivity index (χ1) is 16.2. The van der Waals surface area contributed by atoms with Gasteiger partial charge in [0.15, 0.2) is 0 Å². The zero-order chi connectivity index (χ0) is 24.0. The zero-order valence-corrected chi connectivity index (χ0v) is 18.1. The van der Waals surface area contributed by atoms with E-state index in [1.807, 2.05) is 6.92 Å². The maximum absolute atomic E-state index is 13.6. The average Bonchev–Trinajstić information content (AvgIpc) is 3.29. The lowest BCUT2D eigenvalue weighted by Gasteiger charge is -2.40. The van der Waals surface area contributed by atoms with Crippen LogP contribution in [0, 0.1) is 0 Å². The first kappa shape index (κ1) is 22.4. The molecule has 0 aliphatic carbocycles. The molecule has 0 bridgehead atoms. The van der Waals surface area contributed by atoms with E-state index >= 15 is 0 Å². The summed E-state index contributed by atoms with van der Waals surface area (Å²) in [5, 5.41) is 0.756.